The van der Waals surface area contributed by atoms with E-state index in [2.05, 4.69) is 6.58 Å². The van der Waals surface area contributed by atoms with Gasteiger partial charge in [-0.05, 0) is 50.3 Å². The third kappa shape index (κ3) is 5.81. The summed E-state index contributed by atoms with van der Waals surface area (Å²) in [6.45, 7) is 10.1. The third-order valence-corrected chi connectivity index (χ3v) is 4.01. The molecule has 4 nitrogen and oxygen atoms in total. The number of hydrogen-bond donors (Lipinski definition) is 0. The molecule has 0 fully saturated rings. The Morgan fingerprint density at radius 1 is 1.21 bits per heavy atom. The maximum Gasteiger partial charge on any atom is 0.417 e. The van der Waals surface area contributed by atoms with Crippen molar-refractivity contribution in [3.8, 4) is 0 Å². The number of amides is 1. The third-order valence-electron chi connectivity index (χ3n) is 3.01. The fourth-order valence-electron chi connectivity index (χ4n) is 1.97. The largest absolute Gasteiger partial charge is 0.448 e. The van der Waals surface area contributed by atoms with Crippen molar-refractivity contribution in [2.45, 2.75) is 37.7 Å². The van der Waals surface area contributed by atoms with Crippen molar-refractivity contribution >= 4 is 23.7 Å². The van der Waals surface area contributed by atoms with Gasteiger partial charge in [-0.15, -0.1) is 0 Å². The molecule has 0 radical (unpaired) electrons. The zero-order valence-corrected chi connectivity index (χ0v) is 15.1. The predicted molar refractivity (Wildman–Crippen MR) is 98.3 cm³/mol. The molecule has 2 aromatic rings. The number of nitrogens with zero attached hydrogens (tertiary/aromatic N) is 1. The van der Waals surface area contributed by atoms with E-state index in [0.717, 1.165) is 9.80 Å². The van der Waals surface area contributed by atoms with Gasteiger partial charge in [-0.2, -0.15) is 0 Å². The minimum atomic E-state index is -0.558. The highest BCUT2D eigenvalue weighted by molar-refractivity contribution is 8.03. The van der Waals surface area contributed by atoms with Gasteiger partial charge in [0.2, 0.25) is 5.88 Å². The lowest BCUT2D eigenvalue weighted by atomic mass is 10.2. The number of hydrogen-bond acceptors (Lipinski definition) is 4. The average Bonchev–Trinajstić information content (AvgIpc) is 3.00. The van der Waals surface area contributed by atoms with Crippen LogP contribution >= 0.6 is 11.8 Å². The average molecular weight is 345 g/mol. The summed E-state index contributed by atoms with van der Waals surface area (Å²) < 4.78 is 10.8. The molecule has 0 aliphatic rings. The Balaban J connectivity index is 1.98. The monoisotopic (exact) mass is 345 g/mol. The van der Waals surface area contributed by atoms with Crippen LogP contribution in [0.4, 0.5) is 10.7 Å². The molecule has 1 aromatic carbocycles. The Morgan fingerprint density at radius 3 is 2.50 bits per heavy atom. The summed E-state index contributed by atoms with van der Waals surface area (Å²) in [5, 5.41) is 0. The Kier molecular flexibility index (Phi) is 6.15. The van der Waals surface area contributed by atoms with E-state index in [1.54, 1.807) is 30.2 Å². The van der Waals surface area contributed by atoms with Gasteiger partial charge >= 0.3 is 6.09 Å². The standard InChI is InChI=1S/C19H23NO3S/c1-15(24-16-9-6-5-7-10-16)12-13-20(17-11-8-14-22-17)18(21)23-19(2,3)4/h5-11,14H,1,12-13H2,2-4H3. The molecule has 1 amide bonds. The summed E-state index contributed by atoms with van der Waals surface area (Å²) in [7, 11) is 0. The van der Waals surface area contributed by atoms with Crippen LogP contribution in [0, 0.1) is 0 Å². The molecule has 0 spiro atoms. The number of carbonyl (C=O) groups is 1. The van der Waals surface area contributed by atoms with Crippen molar-refractivity contribution in [1.82, 2.24) is 0 Å². The van der Waals surface area contributed by atoms with E-state index in [1.165, 1.54) is 4.90 Å². The van der Waals surface area contributed by atoms with Crippen LogP contribution in [0.5, 0.6) is 0 Å². The summed E-state index contributed by atoms with van der Waals surface area (Å²) in [5.41, 5.74) is -0.558. The Hall–Kier alpha value is -2.14. The number of anilines is 1. The molecule has 5 heteroatoms. The number of carbonyl (C=O) groups excluding carboxylic acids is 1. The first-order chi connectivity index (χ1) is 11.3. The highest BCUT2D eigenvalue weighted by atomic mass is 32.2. The zero-order chi connectivity index (χ0) is 17.6. The second-order valence-corrected chi connectivity index (χ2v) is 7.54. The zero-order valence-electron chi connectivity index (χ0n) is 14.3. The first-order valence-corrected chi connectivity index (χ1v) is 8.61. The van der Waals surface area contributed by atoms with Crippen molar-refractivity contribution in [3.05, 3.63) is 60.2 Å². The van der Waals surface area contributed by atoms with Crippen LogP contribution in [0.3, 0.4) is 0 Å². The predicted octanol–water partition coefficient (Wildman–Crippen LogP) is 5.72. The molecule has 0 bridgehead atoms. The first kappa shape index (κ1) is 18.2. The van der Waals surface area contributed by atoms with Gasteiger partial charge in [-0.1, -0.05) is 36.5 Å². The molecule has 128 valence electrons. The number of thioether (sulfide) groups is 1. The quantitative estimate of drug-likeness (QED) is 0.628. The van der Waals surface area contributed by atoms with Gasteiger partial charge in [0, 0.05) is 17.5 Å². The molecule has 0 aliphatic heterocycles. The first-order valence-electron chi connectivity index (χ1n) is 7.80. The van der Waals surface area contributed by atoms with Gasteiger partial charge in [0.15, 0.2) is 0 Å². The molecule has 0 aliphatic carbocycles. The van der Waals surface area contributed by atoms with Gasteiger partial charge < -0.3 is 9.15 Å². The van der Waals surface area contributed by atoms with Gasteiger partial charge in [0.25, 0.3) is 0 Å². The SMILES string of the molecule is C=C(CCN(C(=O)OC(C)(C)C)c1ccco1)Sc1ccccc1. The Bertz CT molecular complexity index is 660. The van der Waals surface area contributed by atoms with E-state index in [1.807, 2.05) is 51.1 Å². The molecule has 0 saturated carbocycles. The molecule has 1 aromatic heterocycles. The molecule has 2 rings (SSSR count). The summed E-state index contributed by atoms with van der Waals surface area (Å²) in [5.74, 6) is 0.474. The van der Waals surface area contributed by atoms with Crippen LogP contribution in [0.2, 0.25) is 0 Å². The second kappa shape index (κ2) is 8.11. The van der Waals surface area contributed by atoms with Crippen LogP contribution in [0.15, 0.2) is 69.5 Å². The fraction of sp³-hybridized carbons (Fsp3) is 0.316. The summed E-state index contributed by atoms with van der Waals surface area (Å²) >= 11 is 1.60. The number of furan rings is 1. The molecular formula is C19H23NO3S. The van der Waals surface area contributed by atoms with E-state index < -0.39 is 11.7 Å². The minimum Gasteiger partial charge on any atom is -0.448 e. The van der Waals surface area contributed by atoms with Crippen LogP contribution in [-0.2, 0) is 4.74 Å². The lowest BCUT2D eigenvalue weighted by Crippen LogP contribution is -2.37. The van der Waals surface area contributed by atoms with Crippen molar-refractivity contribution in [1.29, 1.82) is 0 Å². The van der Waals surface area contributed by atoms with E-state index in [9.17, 15) is 4.79 Å². The van der Waals surface area contributed by atoms with Gasteiger partial charge in [0.1, 0.15) is 5.60 Å². The topological polar surface area (TPSA) is 42.7 Å². The highest BCUT2D eigenvalue weighted by Gasteiger charge is 2.25. The van der Waals surface area contributed by atoms with Gasteiger partial charge in [0.05, 0.1) is 6.26 Å². The van der Waals surface area contributed by atoms with Crippen molar-refractivity contribution in [2.75, 3.05) is 11.4 Å². The summed E-state index contributed by atoms with van der Waals surface area (Å²) in [4.78, 5) is 16.0. The molecular weight excluding hydrogens is 322 g/mol. The van der Waals surface area contributed by atoms with Gasteiger partial charge in [-0.25, -0.2) is 9.69 Å². The second-order valence-electron chi connectivity index (χ2n) is 6.29. The fourth-order valence-corrected chi connectivity index (χ4v) is 2.79. The van der Waals surface area contributed by atoms with E-state index >= 15 is 0 Å². The lowest BCUT2D eigenvalue weighted by Gasteiger charge is -2.26. The summed E-state index contributed by atoms with van der Waals surface area (Å²) in [6.07, 6.45) is 1.76. The minimum absolute atomic E-state index is 0.421. The van der Waals surface area contributed by atoms with Crippen LogP contribution in [0.1, 0.15) is 27.2 Å². The smallest absolute Gasteiger partial charge is 0.417 e. The normalized spacial score (nSPS) is 11.1. The van der Waals surface area contributed by atoms with Crippen LogP contribution in [0.25, 0.3) is 0 Å². The Morgan fingerprint density at radius 2 is 1.92 bits per heavy atom. The van der Waals surface area contributed by atoms with E-state index in [-0.39, 0.29) is 0 Å². The van der Waals surface area contributed by atoms with E-state index in [4.69, 9.17) is 9.15 Å². The highest BCUT2D eigenvalue weighted by Crippen LogP contribution is 2.28. The maximum atomic E-state index is 12.4. The number of rotatable bonds is 6. The Labute approximate surface area is 147 Å². The van der Waals surface area contributed by atoms with Crippen LogP contribution < -0.4 is 4.90 Å². The molecule has 0 saturated heterocycles. The molecule has 0 atom stereocenters. The van der Waals surface area contributed by atoms with E-state index in [0.29, 0.717) is 18.8 Å². The van der Waals surface area contributed by atoms with Gasteiger partial charge in [-0.3, -0.25) is 0 Å². The maximum absolute atomic E-state index is 12.4. The van der Waals surface area contributed by atoms with Crippen molar-refractivity contribution in [2.24, 2.45) is 0 Å². The number of ether oxygens (including phenoxy) is 1. The number of benzene rings is 1. The molecule has 0 unspecified atom stereocenters. The molecule has 1 heterocycles. The summed E-state index contributed by atoms with van der Waals surface area (Å²) in [6, 6.07) is 13.5. The molecule has 0 N–H and O–H groups in total. The van der Waals surface area contributed by atoms with Crippen molar-refractivity contribution in [3.63, 3.8) is 0 Å². The van der Waals surface area contributed by atoms with Crippen molar-refractivity contribution < 1.29 is 13.9 Å². The lowest BCUT2D eigenvalue weighted by molar-refractivity contribution is 0.0575. The molecule has 24 heavy (non-hydrogen) atoms. The van der Waals surface area contributed by atoms with Crippen LogP contribution in [-0.4, -0.2) is 18.2 Å².